The molecule has 3 nitrogen and oxygen atoms in total. The monoisotopic (exact) mass is 248 g/mol. The van der Waals surface area contributed by atoms with Gasteiger partial charge in [0.25, 0.3) is 0 Å². The minimum absolute atomic E-state index is 0.729. The summed E-state index contributed by atoms with van der Waals surface area (Å²) in [6.07, 6.45) is 6.58. The lowest BCUT2D eigenvalue weighted by Crippen LogP contribution is -2.26. The van der Waals surface area contributed by atoms with E-state index >= 15 is 0 Å². The summed E-state index contributed by atoms with van der Waals surface area (Å²) >= 11 is 0. The van der Waals surface area contributed by atoms with E-state index in [-0.39, 0.29) is 0 Å². The lowest BCUT2D eigenvalue weighted by Gasteiger charge is -2.19. The average molecular weight is 248 g/mol. The number of nitrogens with two attached hydrogens (primary N) is 1. The molecule has 100 valence electrons. The minimum Gasteiger partial charge on any atom is -0.491 e. The van der Waals surface area contributed by atoms with Crippen LogP contribution in [0.25, 0.3) is 0 Å². The van der Waals surface area contributed by atoms with Crippen LogP contribution in [0.3, 0.4) is 0 Å². The van der Waals surface area contributed by atoms with Crippen molar-refractivity contribution in [2.24, 2.45) is 0 Å². The summed E-state index contributed by atoms with van der Waals surface area (Å²) in [6.45, 7) is 4.42. The Morgan fingerprint density at radius 2 is 1.78 bits per heavy atom. The maximum Gasteiger partial charge on any atom is 0.142 e. The molecule has 0 saturated carbocycles. The number of benzene rings is 1. The van der Waals surface area contributed by atoms with Crippen LogP contribution in [-0.2, 0) is 0 Å². The van der Waals surface area contributed by atoms with Gasteiger partial charge in [0.15, 0.2) is 0 Å². The molecule has 1 aliphatic heterocycles. The fourth-order valence-corrected chi connectivity index (χ4v) is 2.44. The topological polar surface area (TPSA) is 38.5 Å². The molecule has 1 aliphatic rings. The third-order valence-electron chi connectivity index (χ3n) is 3.49. The van der Waals surface area contributed by atoms with E-state index in [0.29, 0.717) is 0 Å². The highest BCUT2D eigenvalue weighted by Gasteiger charge is 2.08. The predicted octanol–water partition coefficient (Wildman–Crippen LogP) is 2.91. The number of rotatable bonds is 5. The van der Waals surface area contributed by atoms with E-state index in [1.165, 1.54) is 38.8 Å². The second-order valence-corrected chi connectivity index (χ2v) is 5.00. The van der Waals surface area contributed by atoms with Crippen molar-refractivity contribution in [1.82, 2.24) is 4.90 Å². The molecule has 1 saturated heterocycles. The number of para-hydroxylation sites is 2. The molecule has 18 heavy (non-hydrogen) atoms. The van der Waals surface area contributed by atoms with Gasteiger partial charge in [0.2, 0.25) is 0 Å². The normalized spacial score (nSPS) is 17.3. The maximum absolute atomic E-state index is 5.83. The van der Waals surface area contributed by atoms with Gasteiger partial charge in [-0.1, -0.05) is 25.0 Å². The Morgan fingerprint density at radius 1 is 1.06 bits per heavy atom. The van der Waals surface area contributed by atoms with Gasteiger partial charge < -0.3 is 15.4 Å². The summed E-state index contributed by atoms with van der Waals surface area (Å²) in [5, 5.41) is 0. The molecule has 2 rings (SSSR count). The van der Waals surface area contributed by atoms with Crippen LogP contribution in [0.15, 0.2) is 24.3 Å². The first-order chi connectivity index (χ1) is 8.86. The van der Waals surface area contributed by atoms with Crippen LogP contribution in [0.2, 0.25) is 0 Å². The van der Waals surface area contributed by atoms with E-state index in [9.17, 15) is 0 Å². The van der Waals surface area contributed by atoms with Crippen molar-refractivity contribution >= 4 is 5.69 Å². The molecule has 3 heteroatoms. The minimum atomic E-state index is 0.729. The Kier molecular flexibility index (Phi) is 5.34. The van der Waals surface area contributed by atoms with Crippen molar-refractivity contribution in [2.75, 3.05) is 32.0 Å². The van der Waals surface area contributed by atoms with Gasteiger partial charge in [0, 0.05) is 6.54 Å². The molecular weight excluding hydrogens is 224 g/mol. The van der Waals surface area contributed by atoms with Crippen molar-refractivity contribution in [3.05, 3.63) is 24.3 Å². The van der Waals surface area contributed by atoms with Crippen LogP contribution < -0.4 is 10.5 Å². The van der Waals surface area contributed by atoms with Crippen LogP contribution in [0.5, 0.6) is 5.75 Å². The lowest BCUT2D eigenvalue weighted by molar-refractivity contribution is 0.240. The van der Waals surface area contributed by atoms with Gasteiger partial charge in [-0.2, -0.15) is 0 Å². The van der Waals surface area contributed by atoms with Gasteiger partial charge >= 0.3 is 0 Å². The number of likely N-dealkylation sites (tertiary alicyclic amines) is 1. The zero-order valence-corrected chi connectivity index (χ0v) is 11.1. The van der Waals surface area contributed by atoms with Crippen LogP contribution in [0.1, 0.15) is 32.1 Å². The molecule has 1 heterocycles. The Bertz CT molecular complexity index is 346. The molecule has 0 aliphatic carbocycles. The highest BCUT2D eigenvalue weighted by atomic mass is 16.5. The van der Waals surface area contributed by atoms with E-state index in [4.69, 9.17) is 10.5 Å². The second kappa shape index (κ2) is 7.27. The number of hydrogen-bond donors (Lipinski definition) is 1. The molecule has 1 fully saturated rings. The van der Waals surface area contributed by atoms with Gasteiger partial charge in [0.05, 0.1) is 12.3 Å². The van der Waals surface area contributed by atoms with Crippen LogP contribution in [0, 0.1) is 0 Å². The summed E-state index contributed by atoms with van der Waals surface area (Å²) in [7, 11) is 0. The second-order valence-electron chi connectivity index (χ2n) is 5.00. The third kappa shape index (κ3) is 4.22. The molecule has 0 bridgehead atoms. The summed E-state index contributed by atoms with van der Waals surface area (Å²) in [5.41, 5.74) is 6.56. The first-order valence-corrected chi connectivity index (χ1v) is 7.06. The molecule has 0 amide bonds. The highest BCUT2D eigenvalue weighted by molar-refractivity contribution is 5.51. The first-order valence-electron chi connectivity index (χ1n) is 7.06. The van der Waals surface area contributed by atoms with Gasteiger partial charge in [-0.3, -0.25) is 0 Å². The van der Waals surface area contributed by atoms with Gasteiger partial charge in [-0.05, 0) is 44.5 Å². The number of anilines is 1. The number of ether oxygens (including phenoxy) is 1. The zero-order valence-electron chi connectivity index (χ0n) is 11.1. The fourth-order valence-electron chi connectivity index (χ4n) is 2.44. The smallest absolute Gasteiger partial charge is 0.142 e. The summed E-state index contributed by atoms with van der Waals surface area (Å²) < 4.78 is 5.71. The molecular formula is C15H24N2O. The van der Waals surface area contributed by atoms with Crippen molar-refractivity contribution in [1.29, 1.82) is 0 Å². The first kappa shape index (κ1) is 13.2. The summed E-state index contributed by atoms with van der Waals surface area (Å²) in [6, 6.07) is 7.70. The average Bonchev–Trinajstić information content (AvgIpc) is 2.65. The third-order valence-corrected chi connectivity index (χ3v) is 3.49. The largest absolute Gasteiger partial charge is 0.491 e. The summed E-state index contributed by atoms with van der Waals surface area (Å²) in [5.74, 6) is 0.813. The molecule has 0 atom stereocenters. The van der Waals surface area contributed by atoms with Crippen LogP contribution in [0.4, 0.5) is 5.69 Å². The molecule has 1 aromatic carbocycles. The number of hydrogen-bond acceptors (Lipinski definition) is 3. The van der Waals surface area contributed by atoms with E-state index in [2.05, 4.69) is 4.90 Å². The number of nitrogens with zero attached hydrogens (tertiary/aromatic N) is 1. The Balaban J connectivity index is 1.65. The quantitative estimate of drug-likeness (QED) is 0.643. The maximum atomic E-state index is 5.83. The Morgan fingerprint density at radius 3 is 2.50 bits per heavy atom. The van der Waals surface area contributed by atoms with Gasteiger partial charge in [-0.15, -0.1) is 0 Å². The van der Waals surface area contributed by atoms with E-state index in [0.717, 1.165) is 31.0 Å². The zero-order chi connectivity index (χ0) is 12.6. The molecule has 0 aromatic heterocycles. The summed E-state index contributed by atoms with van der Waals surface area (Å²) in [4.78, 5) is 2.56. The van der Waals surface area contributed by atoms with Crippen LogP contribution in [-0.4, -0.2) is 31.1 Å². The molecule has 0 radical (unpaired) electrons. The molecule has 1 aromatic rings. The van der Waals surface area contributed by atoms with E-state index < -0.39 is 0 Å². The van der Waals surface area contributed by atoms with Gasteiger partial charge in [-0.25, -0.2) is 0 Å². The fraction of sp³-hybridized carbons (Fsp3) is 0.600. The van der Waals surface area contributed by atoms with Crippen molar-refractivity contribution in [3.8, 4) is 5.75 Å². The van der Waals surface area contributed by atoms with Crippen LogP contribution >= 0.6 is 0 Å². The molecule has 0 spiro atoms. The van der Waals surface area contributed by atoms with Gasteiger partial charge in [0.1, 0.15) is 5.75 Å². The lowest BCUT2D eigenvalue weighted by atomic mass is 10.2. The van der Waals surface area contributed by atoms with E-state index in [1.54, 1.807) is 0 Å². The Hall–Kier alpha value is -1.22. The van der Waals surface area contributed by atoms with Crippen molar-refractivity contribution in [3.63, 3.8) is 0 Å². The number of nitrogen functional groups attached to an aromatic ring is 1. The standard InChI is InChI=1S/C15H24N2O/c16-14-8-3-4-9-15(14)18-13-7-12-17-10-5-1-2-6-11-17/h3-4,8-9H,1-2,5-7,10-13,16H2. The van der Waals surface area contributed by atoms with Crippen molar-refractivity contribution < 1.29 is 4.74 Å². The molecule has 0 unspecified atom stereocenters. The SMILES string of the molecule is Nc1ccccc1OCCCN1CCCCCC1. The predicted molar refractivity (Wildman–Crippen MR) is 75.9 cm³/mol. The van der Waals surface area contributed by atoms with E-state index in [1.807, 2.05) is 24.3 Å². The highest BCUT2D eigenvalue weighted by Crippen LogP contribution is 2.19. The molecule has 2 N–H and O–H groups in total. The van der Waals surface area contributed by atoms with Crippen molar-refractivity contribution in [2.45, 2.75) is 32.1 Å². The Labute approximate surface area is 110 Å².